The molecule has 1 aromatic rings. The summed E-state index contributed by atoms with van der Waals surface area (Å²) in [7, 11) is 0. The van der Waals surface area contributed by atoms with Gasteiger partial charge in [0, 0.05) is 12.1 Å². The summed E-state index contributed by atoms with van der Waals surface area (Å²) in [4.78, 5) is 12.5. The lowest BCUT2D eigenvalue weighted by Crippen LogP contribution is -2.24. The van der Waals surface area contributed by atoms with Crippen molar-refractivity contribution in [3.05, 3.63) is 29.6 Å². The number of hydrogen-bond donors (Lipinski definition) is 1. The van der Waals surface area contributed by atoms with E-state index >= 15 is 0 Å². The van der Waals surface area contributed by atoms with E-state index in [-0.39, 0.29) is 12.2 Å². The zero-order chi connectivity index (χ0) is 10.8. The number of amides is 1. The summed E-state index contributed by atoms with van der Waals surface area (Å²) in [6.07, 6.45) is -0.511. The third-order valence-corrected chi connectivity index (χ3v) is 2.33. The Bertz CT molecular complexity index is 395. The van der Waals surface area contributed by atoms with Crippen LogP contribution >= 0.6 is 0 Å². The molecule has 0 bridgehead atoms. The molecule has 0 atom stereocenters. The van der Waals surface area contributed by atoms with Crippen molar-refractivity contribution in [2.75, 3.05) is 18.1 Å². The summed E-state index contributed by atoms with van der Waals surface area (Å²) in [5.74, 6) is -0.446. The first-order chi connectivity index (χ1) is 7.24. The Hall–Kier alpha value is -1.62. The van der Waals surface area contributed by atoms with E-state index in [2.05, 4.69) is 0 Å². The third kappa shape index (κ3) is 1.66. The molecular weight excluding hydrogens is 199 g/mol. The van der Waals surface area contributed by atoms with Crippen LogP contribution in [0.25, 0.3) is 0 Å². The number of nitrogens with two attached hydrogens (primary N) is 1. The van der Waals surface area contributed by atoms with Gasteiger partial charge < -0.3 is 10.5 Å². The van der Waals surface area contributed by atoms with Crippen molar-refractivity contribution < 1.29 is 13.9 Å². The van der Waals surface area contributed by atoms with Crippen LogP contribution < -0.4 is 10.6 Å². The van der Waals surface area contributed by atoms with Crippen LogP contribution in [0.2, 0.25) is 0 Å². The fourth-order valence-electron chi connectivity index (χ4n) is 1.54. The van der Waals surface area contributed by atoms with Gasteiger partial charge in [0.1, 0.15) is 6.61 Å². The van der Waals surface area contributed by atoms with Crippen LogP contribution in [-0.2, 0) is 11.3 Å². The van der Waals surface area contributed by atoms with E-state index in [1.807, 2.05) is 0 Å². The van der Waals surface area contributed by atoms with Crippen molar-refractivity contribution in [1.29, 1.82) is 0 Å². The number of carbonyl (C=O) groups is 1. The van der Waals surface area contributed by atoms with Gasteiger partial charge in [0.25, 0.3) is 0 Å². The second-order valence-electron chi connectivity index (χ2n) is 3.22. The molecule has 2 rings (SSSR count). The molecule has 1 fully saturated rings. The zero-order valence-electron chi connectivity index (χ0n) is 8.07. The highest BCUT2D eigenvalue weighted by Crippen LogP contribution is 2.24. The third-order valence-electron chi connectivity index (χ3n) is 2.33. The largest absolute Gasteiger partial charge is 0.447 e. The molecule has 0 spiro atoms. The molecule has 15 heavy (non-hydrogen) atoms. The van der Waals surface area contributed by atoms with Gasteiger partial charge in [-0.3, -0.25) is 4.90 Å². The van der Waals surface area contributed by atoms with Crippen LogP contribution in [0, 0.1) is 5.82 Å². The van der Waals surface area contributed by atoms with Crippen molar-refractivity contribution in [1.82, 2.24) is 0 Å². The van der Waals surface area contributed by atoms with Crippen molar-refractivity contribution >= 4 is 11.8 Å². The zero-order valence-corrected chi connectivity index (χ0v) is 8.07. The molecule has 0 aliphatic carbocycles. The maximum atomic E-state index is 13.8. The first kappa shape index (κ1) is 9.92. The summed E-state index contributed by atoms with van der Waals surface area (Å²) in [5.41, 5.74) is 6.01. The quantitative estimate of drug-likeness (QED) is 0.799. The van der Waals surface area contributed by atoms with E-state index in [1.165, 1.54) is 4.90 Å². The molecule has 1 aliphatic rings. The highest BCUT2D eigenvalue weighted by atomic mass is 19.1. The molecule has 0 aromatic heterocycles. The molecule has 0 radical (unpaired) electrons. The van der Waals surface area contributed by atoms with E-state index in [0.717, 1.165) is 0 Å². The molecule has 80 valence electrons. The normalized spacial score (nSPS) is 15.6. The van der Waals surface area contributed by atoms with Crippen LogP contribution in [0.4, 0.5) is 14.9 Å². The molecular formula is C10H11FN2O2. The fraction of sp³-hybridized carbons (Fsp3) is 0.300. The minimum absolute atomic E-state index is 0.114. The Labute approximate surface area is 86.4 Å². The highest BCUT2D eigenvalue weighted by molar-refractivity contribution is 5.89. The van der Waals surface area contributed by atoms with E-state index in [9.17, 15) is 9.18 Å². The fourth-order valence-corrected chi connectivity index (χ4v) is 1.54. The number of carbonyl (C=O) groups excluding carboxylic acids is 1. The number of ether oxygens (including phenoxy) is 1. The molecule has 1 heterocycles. The molecule has 1 amide bonds. The van der Waals surface area contributed by atoms with Gasteiger partial charge in [0.2, 0.25) is 0 Å². The summed E-state index contributed by atoms with van der Waals surface area (Å²) in [5, 5.41) is 0. The maximum Gasteiger partial charge on any atom is 0.414 e. The maximum absolute atomic E-state index is 13.8. The molecule has 0 saturated carbocycles. The predicted octanol–water partition coefficient (Wildman–Crippen LogP) is 1.24. The number of cyclic esters (lactones) is 1. The molecule has 1 aliphatic heterocycles. The first-order valence-electron chi connectivity index (χ1n) is 4.66. The number of anilines is 1. The molecule has 5 heteroatoms. The summed E-state index contributed by atoms with van der Waals surface area (Å²) in [6, 6.07) is 4.81. The number of nitrogens with zero attached hydrogens (tertiary/aromatic N) is 1. The van der Waals surface area contributed by atoms with E-state index in [1.54, 1.807) is 18.2 Å². The molecule has 1 saturated heterocycles. The minimum Gasteiger partial charge on any atom is -0.447 e. The smallest absolute Gasteiger partial charge is 0.414 e. The van der Waals surface area contributed by atoms with Gasteiger partial charge in [0.05, 0.1) is 12.2 Å². The summed E-state index contributed by atoms with van der Waals surface area (Å²) < 4.78 is 18.5. The number of halogens is 1. The summed E-state index contributed by atoms with van der Waals surface area (Å²) in [6.45, 7) is 0.789. The van der Waals surface area contributed by atoms with E-state index < -0.39 is 11.9 Å². The molecule has 4 nitrogen and oxygen atoms in total. The minimum atomic E-state index is -0.511. The second kappa shape index (κ2) is 3.86. The Morgan fingerprint density at radius 3 is 2.93 bits per heavy atom. The lowest BCUT2D eigenvalue weighted by atomic mass is 10.1. The first-order valence-corrected chi connectivity index (χ1v) is 4.66. The van der Waals surface area contributed by atoms with Crippen LogP contribution in [-0.4, -0.2) is 19.2 Å². The monoisotopic (exact) mass is 210 g/mol. The number of rotatable bonds is 2. The molecule has 1 aromatic carbocycles. The highest BCUT2D eigenvalue weighted by Gasteiger charge is 2.26. The molecule has 0 unspecified atom stereocenters. The van der Waals surface area contributed by atoms with Crippen molar-refractivity contribution in [3.8, 4) is 0 Å². The number of hydrogen-bond acceptors (Lipinski definition) is 3. The SMILES string of the molecule is NCc1cccc(N2CCOC2=O)c1F. The lowest BCUT2D eigenvalue weighted by Gasteiger charge is -2.14. The van der Waals surface area contributed by atoms with Crippen molar-refractivity contribution in [2.45, 2.75) is 6.54 Å². The van der Waals surface area contributed by atoms with Gasteiger partial charge in [0.15, 0.2) is 5.82 Å². The van der Waals surface area contributed by atoms with Gasteiger partial charge in [-0.2, -0.15) is 0 Å². The van der Waals surface area contributed by atoms with E-state index in [0.29, 0.717) is 18.7 Å². The Kier molecular flexibility index (Phi) is 2.55. The van der Waals surface area contributed by atoms with Crippen molar-refractivity contribution in [3.63, 3.8) is 0 Å². The Morgan fingerprint density at radius 1 is 1.53 bits per heavy atom. The summed E-state index contributed by atoms with van der Waals surface area (Å²) >= 11 is 0. The van der Waals surface area contributed by atoms with Gasteiger partial charge in [-0.05, 0) is 6.07 Å². The van der Waals surface area contributed by atoms with Crippen LogP contribution in [0.1, 0.15) is 5.56 Å². The van der Waals surface area contributed by atoms with E-state index in [4.69, 9.17) is 10.5 Å². The standard InChI is InChI=1S/C10H11FN2O2/c11-9-7(6-12)2-1-3-8(9)13-4-5-15-10(13)14/h1-3H,4-6,12H2. The number of benzene rings is 1. The molecule has 2 N–H and O–H groups in total. The predicted molar refractivity (Wildman–Crippen MR) is 53.0 cm³/mol. The van der Waals surface area contributed by atoms with Gasteiger partial charge >= 0.3 is 6.09 Å². The topological polar surface area (TPSA) is 55.6 Å². The van der Waals surface area contributed by atoms with Gasteiger partial charge in [-0.15, -0.1) is 0 Å². The lowest BCUT2D eigenvalue weighted by molar-refractivity contribution is 0.181. The van der Waals surface area contributed by atoms with Crippen LogP contribution in [0.15, 0.2) is 18.2 Å². The van der Waals surface area contributed by atoms with Crippen LogP contribution in [0.3, 0.4) is 0 Å². The van der Waals surface area contributed by atoms with Gasteiger partial charge in [-0.25, -0.2) is 9.18 Å². The van der Waals surface area contributed by atoms with Crippen LogP contribution in [0.5, 0.6) is 0 Å². The average molecular weight is 210 g/mol. The Balaban J connectivity index is 2.39. The average Bonchev–Trinajstić information content (AvgIpc) is 2.65. The van der Waals surface area contributed by atoms with Crippen molar-refractivity contribution in [2.24, 2.45) is 5.73 Å². The Morgan fingerprint density at radius 2 is 2.33 bits per heavy atom. The second-order valence-corrected chi connectivity index (χ2v) is 3.22. The van der Waals surface area contributed by atoms with Gasteiger partial charge in [-0.1, -0.05) is 12.1 Å².